The lowest BCUT2D eigenvalue weighted by Crippen LogP contribution is -2.40. The van der Waals surface area contributed by atoms with Crippen LogP contribution in [0.25, 0.3) is 0 Å². The number of carbonyl (C=O) groups is 1. The Balaban J connectivity index is 1.59. The van der Waals surface area contributed by atoms with E-state index in [1.54, 1.807) is 32.9 Å². The molecule has 1 aromatic carbocycles. The van der Waals surface area contributed by atoms with Crippen LogP contribution in [0.15, 0.2) is 35.4 Å². The average Bonchev–Trinajstić information content (AvgIpc) is 3.68. The van der Waals surface area contributed by atoms with Gasteiger partial charge in [-0.15, -0.1) is 0 Å². The fraction of sp³-hybridized carbons (Fsp3) is 0.593. The topological polar surface area (TPSA) is 137 Å². The maximum atomic E-state index is 13.4. The van der Waals surface area contributed by atoms with Crippen LogP contribution in [0.5, 0.6) is 0 Å². The molecule has 2 fully saturated rings. The summed E-state index contributed by atoms with van der Waals surface area (Å²) in [5.41, 5.74) is -0.739. The number of sulfonamides is 1. The Morgan fingerprint density at radius 2 is 1.74 bits per heavy atom. The first-order valence-electron chi connectivity index (χ1n) is 13.2. The second kappa shape index (κ2) is 10.8. The predicted octanol–water partition coefficient (Wildman–Crippen LogP) is 3.61. The van der Waals surface area contributed by atoms with Crippen LogP contribution in [0.4, 0.5) is 17.3 Å². The van der Waals surface area contributed by atoms with Gasteiger partial charge in [0.1, 0.15) is 5.82 Å². The van der Waals surface area contributed by atoms with Gasteiger partial charge in [0.05, 0.1) is 23.2 Å². The largest absolute Gasteiger partial charge is 0.394 e. The van der Waals surface area contributed by atoms with Gasteiger partial charge in [0.15, 0.2) is 11.5 Å². The number of nitrogens with one attached hydrogen (secondary N) is 3. The Labute approximate surface area is 225 Å². The van der Waals surface area contributed by atoms with E-state index in [2.05, 4.69) is 25.2 Å². The molecule has 2 aliphatic rings. The molecule has 0 unspecified atom stereocenters. The molecule has 4 N–H and O–H groups in total. The SMILES string of the molecule is CC(C)(C)NS(=O)(=O)c1cccc(NC(=O)c2ncc(NC(C)(C)CO)nc2N2CCC(C3CC3)CC2)c1. The summed E-state index contributed by atoms with van der Waals surface area (Å²) in [5.74, 6) is 2.04. The zero-order chi connectivity index (χ0) is 27.7. The highest BCUT2D eigenvalue weighted by Crippen LogP contribution is 2.42. The Kier molecular flexibility index (Phi) is 8.02. The first-order valence-corrected chi connectivity index (χ1v) is 14.7. The van der Waals surface area contributed by atoms with Gasteiger partial charge in [-0.1, -0.05) is 6.07 Å². The molecule has 11 heteroatoms. The van der Waals surface area contributed by atoms with E-state index in [-0.39, 0.29) is 17.2 Å². The molecule has 0 radical (unpaired) electrons. The van der Waals surface area contributed by atoms with Crippen LogP contribution in [0.1, 0.15) is 70.8 Å². The van der Waals surface area contributed by atoms with Crippen LogP contribution in [0.3, 0.4) is 0 Å². The van der Waals surface area contributed by atoms with E-state index < -0.39 is 27.0 Å². The number of hydrogen-bond donors (Lipinski definition) is 4. The van der Waals surface area contributed by atoms with Crippen LogP contribution in [0, 0.1) is 11.8 Å². The first-order chi connectivity index (χ1) is 17.8. The van der Waals surface area contributed by atoms with E-state index >= 15 is 0 Å². The van der Waals surface area contributed by atoms with Crippen molar-refractivity contribution in [3.8, 4) is 0 Å². The van der Waals surface area contributed by atoms with Gasteiger partial charge < -0.3 is 20.6 Å². The van der Waals surface area contributed by atoms with Crippen molar-refractivity contribution >= 4 is 33.3 Å². The van der Waals surface area contributed by atoms with Gasteiger partial charge in [-0.3, -0.25) is 4.79 Å². The molecule has 38 heavy (non-hydrogen) atoms. The monoisotopic (exact) mass is 544 g/mol. The molecular formula is C27H40N6O4S. The molecule has 1 amide bonds. The molecule has 1 saturated carbocycles. The molecule has 4 rings (SSSR count). The summed E-state index contributed by atoms with van der Waals surface area (Å²) in [5, 5.41) is 15.7. The van der Waals surface area contributed by atoms with E-state index in [0.29, 0.717) is 17.3 Å². The summed E-state index contributed by atoms with van der Waals surface area (Å²) in [4.78, 5) is 24.8. The fourth-order valence-corrected chi connectivity index (χ4v) is 6.21. The normalized spacial score (nSPS) is 17.4. The number of benzene rings is 1. The fourth-order valence-electron chi connectivity index (χ4n) is 4.75. The van der Waals surface area contributed by atoms with Crippen molar-refractivity contribution in [3.05, 3.63) is 36.2 Å². The van der Waals surface area contributed by atoms with E-state index in [1.165, 1.54) is 31.2 Å². The van der Waals surface area contributed by atoms with Crippen molar-refractivity contribution in [3.63, 3.8) is 0 Å². The highest BCUT2D eigenvalue weighted by Gasteiger charge is 2.35. The molecule has 0 bridgehead atoms. The summed E-state index contributed by atoms with van der Waals surface area (Å²) in [6, 6.07) is 6.15. The molecule has 1 aliphatic heterocycles. The number of aromatic nitrogens is 2. The summed E-state index contributed by atoms with van der Waals surface area (Å²) < 4.78 is 28.2. The van der Waals surface area contributed by atoms with Gasteiger partial charge in [0.25, 0.3) is 5.91 Å². The van der Waals surface area contributed by atoms with Crippen LogP contribution in [-0.4, -0.2) is 60.2 Å². The van der Waals surface area contributed by atoms with E-state index in [4.69, 9.17) is 4.98 Å². The molecule has 10 nitrogen and oxygen atoms in total. The van der Waals surface area contributed by atoms with Crippen molar-refractivity contribution in [2.45, 2.75) is 76.3 Å². The Hall–Kier alpha value is -2.76. The minimum atomic E-state index is -3.77. The number of nitrogens with zero attached hydrogens (tertiary/aromatic N) is 3. The van der Waals surface area contributed by atoms with Gasteiger partial charge >= 0.3 is 0 Å². The van der Waals surface area contributed by atoms with Crippen molar-refractivity contribution in [2.24, 2.45) is 11.8 Å². The first kappa shape index (κ1) is 28.3. The molecule has 0 atom stereocenters. The lowest BCUT2D eigenvalue weighted by Gasteiger charge is -2.34. The number of carbonyl (C=O) groups excluding carboxylic acids is 1. The maximum Gasteiger partial charge on any atom is 0.278 e. The summed E-state index contributed by atoms with van der Waals surface area (Å²) in [6.07, 6.45) is 6.21. The zero-order valence-corrected chi connectivity index (χ0v) is 23.7. The van der Waals surface area contributed by atoms with E-state index in [9.17, 15) is 18.3 Å². The third kappa shape index (κ3) is 7.21. The van der Waals surface area contributed by atoms with Crippen LogP contribution in [0.2, 0.25) is 0 Å². The van der Waals surface area contributed by atoms with Crippen molar-refractivity contribution < 1.29 is 18.3 Å². The highest BCUT2D eigenvalue weighted by molar-refractivity contribution is 7.89. The zero-order valence-electron chi connectivity index (χ0n) is 22.9. The van der Waals surface area contributed by atoms with E-state index in [0.717, 1.165) is 37.8 Å². The van der Waals surface area contributed by atoms with Gasteiger partial charge in [-0.25, -0.2) is 23.1 Å². The smallest absolute Gasteiger partial charge is 0.278 e. The summed E-state index contributed by atoms with van der Waals surface area (Å²) >= 11 is 0. The predicted molar refractivity (Wildman–Crippen MR) is 149 cm³/mol. The highest BCUT2D eigenvalue weighted by atomic mass is 32.2. The summed E-state index contributed by atoms with van der Waals surface area (Å²) in [7, 11) is -3.77. The van der Waals surface area contributed by atoms with Crippen molar-refractivity contribution in [2.75, 3.05) is 35.2 Å². The average molecular weight is 545 g/mol. The second-order valence-electron chi connectivity index (χ2n) is 12.1. The Morgan fingerprint density at radius 3 is 2.34 bits per heavy atom. The van der Waals surface area contributed by atoms with Gasteiger partial charge in [-0.05, 0) is 90.3 Å². The third-order valence-corrected chi connectivity index (χ3v) is 8.56. The van der Waals surface area contributed by atoms with Gasteiger partial charge in [0.2, 0.25) is 10.0 Å². The van der Waals surface area contributed by atoms with Crippen LogP contribution >= 0.6 is 0 Å². The van der Waals surface area contributed by atoms with Crippen molar-refractivity contribution in [1.82, 2.24) is 14.7 Å². The van der Waals surface area contributed by atoms with Crippen molar-refractivity contribution in [1.29, 1.82) is 0 Å². The number of hydrogen-bond acceptors (Lipinski definition) is 8. The van der Waals surface area contributed by atoms with Crippen LogP contribution in [-0.2, 0) is 10.0 Å². The lowest BCUT2D eigenvalue weighted by molar-refractivity contribution is 0.102. The van der Waals surface area contributed by atoms with Gasteiger partial charge in [0, 0.05) is 24.3 Å². The summed E-state index contributed by atoms with van der Waals surface area (Å²) in [6.45, 7) is 10.5. The van der Waals surface area contributed by atoms with Crippen LogP contribution < -0.4 is 20.3 Å². The molecule has 1 aromatic heterocycles. The molecule has 208 valence electrons. The minimum absolute atomic E-state index is 0.0597. The quantitative estimate of drug-likeness (QED) is 0.376. The number of aliphatic hydroxyl groups excluding tert-OH is 1. The number of anilines is 3. The standard InChI is InChI=1S/C27H40N6O4S/c1-26(2,3)32-38(36,37)21-8-6-7-20(15-21)29-25(35)23-24(30-22(16-28-23)31-27(4,5)17-34)33-13-11-19(12-14-33)18-9-10-18/h6-8,15-16,18-19,32,34H,9-14,17H2,1-5H3,(H,29,35)(H,30,31). The van der Waals surface area contributed by atoms with E-state index in [1.807, 2.05) is 13.8 Å². The Morgan fingerprint density at radius 1 is 1.08 bits per heavy atom. The molecular weight excluding hydrogens is 504 g/mol. The number of piperidine rings is 1. The number of rotatable bonds is 9. The molecule has 2 aromatic rings. The van der Waals surface area contributed by atoms with Gasteiger partial charge in [-0.2, -0.15) is 0 Å². The maximum absolute atomic E-state index is 13.4. The number of amides is 1. The molecule has 1 saturated heterocycles. The molecule has 1 aliphatic carbocycles. The Bertz CT molecular complexity index is 1260. The molecule has 2 heterocycles. The third-order valence-electron chi connectivity index (χ3n) is 6.80. The second-order valence-corrected chi connectivity index (χ2v) is 13.8. The number of aliphatic hydroxyl groups is 1. The lowest BCUT2D eigenvalue weighted by atomic mass is 9.92. The minimum Gasteiger partial charge on any atom is -0.394 e. The molecule has 0 spiro atoms.